The SMILES string of the molecule is C[C@H](Nc1cnccn1)C(=O)NC(C)(C)C. The minimum Gasteiger partial charge on any atom is -0.357 e. The number of carbonyl (C=O) groups excluding carboxylic acids is 1. The number of anilines is 1. The van der Waals surface area contributed by atoms with Crippen LogP contribution in [-0.2, 0) is 4.79 Å². The molecular formula is C11H18N4O. The molecular weight excluding hydrogens is 204 g/mol. The minimum atomic E-state index is -0.337. The average molecular weight is 222 g/mol. The van der Waals surface area contributed by atoms with E-state index in [2.05, 4.69) is 20.6 Å². The molecule has 0 aliphatic carbocycles. The second-order valence-corrected chi connectivity index (χ2v) is 4.70. The second kappa shape index (κ2) is 4.92. The first-order valence-corrected chi connectivity index (χ1v) is 5.23. The van der Waals surface area contributed by atoms with Gasteiger partial charge in [0.05, 0.1) is 6.20 Å². The molecule has 1 atom stereocenters. The standard InChI is InChI=1S/C11H18N4O/c1-8(10(16)15-11(2,3)4)14-9-7-12-5-6-13-9/h5-8H,1-4H3,(H,13,14)(H,15,16)/t8-/m0/s1. The van der Waals surface area contributed by atoms with Crippen LogP contribution in [0.2, 0.25) is 0 Å². The van der Waals surface area contributed by atoms with Crippen molar-refractivity contribution in [3.63, 3.8) is 0 Å². The van der Waals surface area contributed by atoms with E-state index in [0.29, 0.717) is 5.82 Å². The lowest BCUT2D eigenvalue weighted by Crippen LogP contribution is -2.47. The van der Waals surface area contributed by atoms with Gasteiger partial charge in [0.15, 0.2) is 0 Å². The maximum absolute atomic E-state index is 11.7. The molecule has 5 nitrogen and oxygen atoms in total. The lowest BCUT2D eigenvalue weighted by molar-refractivity contribution is -0.122. The van der Waals surface area contributed by atoms with Gasteiger partial charge in [0.2, 0.25) is 5.91 Å². The molecule has 1 aromatic rings. The monoisotopic (exact) mass is 222 g/mol. The van der Waals surface area contributed by atoms with E-state index in [1.807, 2.05) is 20.8 Å². The summed E-state index contributed by atoms with van der Waals surface area (Å²) < 4.78 is 0. The molecule has 0 aliphatic rings. The predicted octanol–water partition coefficient (Wildman–Crippen LogP) is 1.19. The van der Waals surface area contributed by atoms with Crippen LogP contribution in [0, 0.1) is 0 Å². The molecule has 1 aromatic heterocycles. The van der Waals surface area contributed by atoms with E-state index in [-0.39, 0.29) is 17.5 Å². The Morgan fingerprint density at radius 2 is 2.06 bits per heavy atom. The molecule has 16 heavy (non-hydrogen) atoms. The van der Waals surface area contributed by atoms with Crippen LogP contribution in [0.1, 0.15) is 27.7 Å². The van der Waals surface area contributed by atoms with Gasteiger partial charge >= 0.3 is 0 Å². The first-order valence-electron chi connectivity index (χ1n) is 5.23. The normalized spacial score (nSPS) is 13.0. The first-order chi connectivity index (χ1) is 7.38. The summed E-state index contributed by atoms with van der Waals surface area (Å²) in [4.78, 5) is 19.7. The molecule has 0 fully saturated rings. The Kier molecular flexibility index (Phi) is 3.82. The van der Waals surface area contributed by atoms with Crippen molar-refractivity contribution in [3.8, 4) is 0 Å². The van der Waals surface area contributed by atoms with E-state index in [1.165, 1.54) is 0 Å². The van der Waals surface area contributed by atoms with Crippen molar-refractivity contribution >= 4 is 11.7 Å². The Balaban J connectivity index is 2.53. The van der Waals surface area contributed by atoms with Gasteiger partial charge in [-0.2, -0.15) is 0 Å². The van der Waals surface area contributed by atoms with Crippen LogP contribution in [0.15, 0.2) is 18.6 Å². The summed E-state index contributed by atoms with van der Waals surface area (Å²) in [6.07, 6.45) is 4.75. The van der Waals surface area contributed by atoms with Gasteiger partial charge in [-0.05, 0) is 27.7 Å². The molecule has 5 heteroatoms. The highest BCUT2D eigenvalue weighted by Gasteiger charge is 2.19. The van der Waals surface area contributed by atoms with E-state index in [9.17, 15) is 4.79 Å². The van der Waals surface area contributed by atoms with Gasteiger partial charge in [-0.1, -0.05) is 0 Å². The van der Waals surface area contributed by atoms with E-state index >= 15 is 0 Å². The Bertz CT molecular complexity index is 345. The fourth-order valence-electron chi connectivity index (χ4n) is 1.14. The average Bonchev–Trinajstić information content (AvgIpc) is 2.16. The lowest BCUT2D eigenvalue weighted by atomic mass is 10.1. The first kappa shape index (κ1) is 12.4. The Labute approximate surface area is 95.7 Å². The van der Waals surface area contributed by atoms with Crippen LogP contribution < -0.4 is 10.6 Å². The van der Waals surface area contributed by atoms with Crippen molar-refractivity contribution in [2.45, 2.75) is 39.3 Å². The molecule has 0 bridgehead atoms. The molecule has 1 amide bonds. The summed E-state index contributed by atoms with van der Waals surface area (Å²) in [6.45, 7) is 7.62. The van der Waals surface area contributed by atoms with Crippen LogP contribution >= 0.6 is 0 Å². The van der Waals surface area contributed by atoms with Crippen LogP contribution in [-0.4, -0.2) is 27.5 Å². The Hall–Kier alpha value is -1.65. The summed E-state index contributed by atoms with van der Waals surface area (Å²) in [5.74, 6) is 0.539. The Morgan fingerprint density at radius 1 is 1.38 bits per heavy atom. The van der Waals surface area contributed by atoms with E-state index in [4.69, 9.17) is 0 Å². The number of aromatic nitrogens is 2. The summed E-state index contributed by atoms with van der Waals surface area (Å²) in [5, 5.41) is 5.87. The van der Waals surface area contributed by atoms with Crippen LogP contribution in [0.3, 0.4) is 0 Å². The fraction of sp³-hybridized carbons (Fsp3) is 0.545. The van der Waals surface area contributed by atoms with Crippen molar-refractivity contribution < 1.29 is 4.79 Å². The molecule has 0 radical (unpaired) electrons. The molecule has 0 aromatic carbocycles. The summed E-state index contributed by atoms with van der Waals surface area (Å²) >= 11 is 0. The smallest absolute Gasteiger partial charge is 0.242 e. The largest absolute Gasteiger partial charge is 0.357 e. The molecule has 0 aliphatic heterocycles. The lowest BCUT2D eigenvalue weighted by Gasteiger charge is -2.23. The van der Waals surface area contributed by atoms with Crippen molar-refractivity contribution in [1.82, 2.24) is 15.3 Å². The van der Waals surface area contributed by atoms with Crippen molar-refractivity contribution in [2.75, 3.05) is 5.32 Å². The third-order valence-electron chi connectivity index (χ3n) is 1.82. The van der Waals surface area contributed by atoms with Crippen molar-refractivity contribution in [2.24, 2.45) is 0 Å². The van der Waals surface area contributed by atoms with Crippen LogP contribution in [0.5, 0.6) is 0 Å². The second-order valence-electron chi connectivity index (χ2n) is 4.70. The summed E-state index contributed by atoms with van der Waals surface area (Å²) in [6, 6.07) is -0.337. The van der Waals surface area contributed by atoms with Gasteiger partial charge < -0.3 is 10.6 Å². The molecule has 0 unspecified atom stereocenters. The van der Waals surface area contributed by atoms with Gasteiger partial charge in [-0.25, -0.2) is 4.98 Å². The minimum absolute atomic E-state index is 0.0573. The maximum atomic E-state index is 11.7. The van der Waals surface area contributed by atoms with Crippen LogP contribution in [0.4, 0.5) is 5.82 Å². The summed E-state index contributed by atoms with van der Waals surface area (Å²) in [5.41, 5.74) is -0.227. The molecule has 0 saturated carbocycles. The van der Waals surface area contributed by atoms with E-state index in [0.717, 1.165) is 0 Å². The highest BCUT2D eigenvalue weighted by Crippen LogP contribution is 2.03. The molecule has 88 valence electrons. The van der Waals surface area contributed by atoms with Crippen molar-refractivity contribution in [1.29, 1.82) is 0 Å². The number of hydrogen-bond acceptors (Lipinski definition) is 4. The molecule has 1 rings (SSSR count). The highest BCUT2D eigenvalue weighted by atomic mass is 16.2. The molecule has 1 heterocycles. The summed E-state index contributed by atoms with van der Waals surface area (Å²) in [7, 11) is 0. The number of amides is 1. The zero-order valence-electron chi connectivity index (χ0n) is 10.1. The zero-order chi connectivity index (χ0) is 12.2. The van der Waals surface area contributed by atoms with E-state index < -0.39 is 0 Å². The maximum Gasteiger partial charge on any atom is 0.242 e. The number of carbonyl (C=O) groups is 1. The number of nitrogens with zero attached hydrogens (tertiary/aromatic N) is 2. The molecule has 0 saturated heterocycles. The quantitative estimate of drug-likeness (QED) is 0.806. The van der Waals surface area contributed by atoms with Gasteiger partial charge in [0, 0.05) is 17.9 Å². The predicted molar refractivity (Wildman–Crippen MR) is 63.0 cm³/mol. The highest BCUT2D eigenvalue weighted by molar-refractivity contribution is 5.84. The van der Waals surface area contributed by atoms with Gasteiger partial charge in [0.25, 0.3) is 0 Å². The van der Waals surface area contributed by atoms with Gasteiger partial charge in [-0.3, -0.25) is 9.78 Å². The van der Waals surface area contributed by atoms with Gasteiger partial charge in [0.1, 0.15) is 11.9 Å². The fourth-order valence-corrected chi connectivity index (χ4v) is 1.14. The third kappa shape index (κ3) is 4.25. The molecule has 0 spiro atoms. The Morgan fingerprint density at radius 3 is 2.56 bits per heavy atom. The van der Waals surface area contributed by atoms with Crippen molar-refractivity contribution in [3.05, 3.63) is 18.6 Å². The zero-order valence-corrected chi connectivity index (χ0v) is 10.1. The van der Waals surface area contributed by atoms with Crippen LogP contribution in [0.25, 0.3) is 0 Å². The van der Waals surface area contributed by atoms with E-state index in [1.54, 1.807) is 25.5 Å². The van der Waals surface area contributed by atoms with Gasteiger partial charge in [-0.15, -0.1) is 0 Å². The number of rotatable bonds is 3. The number of hydrogen-bond donors (Lipinski definition) is 2. The topological polar surface area (TPSA) is 66.9 Å². The number of nitrogens with one attached hydrogen (secondary N) is 2. The molecule has 2 N–H and O–H groups in total. The third-order valence-corrected chi connectivity index (χ3v) is 1.82.